The van der Waals surface area contributed by atoms with E-state index in [4.69, 9.17) is 4.42 Å². The molecular formula is C17H21NO3. The van der Waals surface area contributed by atoms with Gasteiger partial charge in [-0.2, -0.15) is 0 Å². The van der Waals surface area contributed by atoms with Crippen LogP contribution in [0.15, 0.2) is 40.8 Å². The van der Waals surface area contributed by atoms with Crippen LogP contribution in [-0.2, 0) is 11.2 Å². The van der Waals surface area contributed by atoms with Crippen LogP contribution in [0.2, 0.25) is 0 Å². The van der Waals surface area contributed by atoms with Crippen molar-refractivity contribution in [1.82, 2.24) is 5.32 Å². The molecule has 1 atom stereocenters. The molecule has 4 heteroatoms. The van der Waals surface area contributed by atoms with Crippen molar-refractivity contribution in [3.63, 3.8) is 0 Å². The van der Waals surface area contributed by atoms with Crippen LogP contribution in [0.5, 0.6) is 0 Å². The highest BCUT2D eigenvalue weighted by Gasteiger charge is 2.19. The van der Waals surface area contributed by atoms with Crippen molar-refractivity contribution >= 4 is 5.97 Å². The molecule has 1 N–H and O–H groups in total. The molecule has 0 aliphatic heterocycles. The molecule has 4 nitrogen and oxygen atoms in total. The summed E-state index contributed by atoms with van der Waals surface area (Å²) in [7, 11) is 1.35. The van der Waals surface area contributed by atoms with E-state index in [-0.39, 0.29) is 11.8 Å². The van der Waals surface area contributed by atoms with Crippen molar-refractivity contribution in [1.29, 1.82) is 0 Å². The average molecular weight is 287 g/mol. The summed E-state index contributed by atoms with van der Waals surface area (Å²) in [5, 5.41) is 3.40. The summed E-state index contributed by atoms with van der Waals surface area (Å²) in [4.78, 5) is 11.5. The summed E-state index contributed by atoms with van der Waals surface area (Å²) in [6.07, 6.45) is 0.814. The number of nitrogens with one attached hydrogen (secondary N) is 1. The number of likely N-dealkylation sites (N-methyl/N-ethyl adjacent to an activating group) is 1. The van der Waals surface area contributed by atoms with Gasteiger partial charge >= 0.3 is 5.97 Å². The molecule has 2 aromatic rings. The lowest BCUT2D eigenvalue weighted by Gasteiger charge is -2.17. The average Bonchev–Trinajstić information content (AvgIpc) is 2.98. The van der Waals surface area contributed by atoms with Crippen molar-refractivity contribution in [2.75, 3.05) is 13.7 Å². The molecule has 1 unspecified atom stereocenters. The van der Waals surface area contributed by atoms with Crippen LogP contribution in [0.1, 0.15) is 40.4 Å². The predicted molar refractivity (Wildman–Crippen MR) is 81.3 cm³/mol. The van der Waals surface area contributed by atoms with Crippen molar-refractivity contribution in [3.05, 3.63) is 59.0 Å². The summed E-state index contributed by atoms with van der Waals surface area (Å²) in [6.45, 7) is 4.97. The zero-order valence-electron chi connectivity index (χ0n) is 12.7. The van der Waals surface area contributed by atoms with Crippen LogP contribution in [0.3, 0.4) is 0 Å². The Morgan fingerprint density at radius 2 is 2.05 bits per heavy atom. The Labute approximate surface area is 125 Å². The monoisotopic (exact) mass is 287 g/mol. The molecule has 0 spiro atoms. The van der Waals surface area contributed by atoms with Crippen LogP contribution in [0.4, 0.5) is 0 Å². The quantitative estimate of drug-likeness (QED) is 0.828. The van der Waals surface area contributed by atoms with Gasteiger partial charge in [0.2, 0.25) is 5.76 Å². The summed E-state index contributed by atoms with van der Waals surface area (Å²) < 4.78 is 10.3. The first-order valence-electron chi connectivity index (χ1n) is 7.11. The number of ether oxygens (including phenoxy) is 1. The highest BCUT2D eigenvalue weighted by atomic mass is 16.5. The number of aryl methyl sites for hydroxylation is 1. The van der Waals surface area contributed by atoms with Crippen LogP contribution in [0.25, 0.3) is 0 Å². The fourth-order valence-corrected chi connectivity index (χ4v) is 2.33. The summed E-state index contributed by atoms with van der Waals surface area (Å²) >= 11 is 0. The van der Waals surface area contributed by atoms with Gasteiger partial charge in [0.1, 0.15) is 5.76 Å². The first kappa shape index (κ1) is 15.3. The normalized spacial score (nSPS) is 12.1. The number of esters is 1. The molecule has 1 aromatic carbocycles. The maximum absolute atomic E-state index is 11.5. The molecule has 0 amide bonds. The minimum absolute atomic E-state index is 0.0366. The fraction of sp³-hybridized carbons (Fsp3) is 0.353. The highest BCUT2D eigenvalue weighted by Crippen LogP contribution is 2.23. The molecule has 21 heavy (non-hydrogen) atoms. The number of carbonyl (C=O) groups is 1. The van der Waals surface area contributed by atoms with Gasteiger partial charge in [0, 0.05) is 0 Å². The number of hydrogen-bond donors (Lipinski definition) is 1. The smallest absolute Gasteiger partial charge is 0.373 e. The summed E-state index contributed by atoms with van der Waals surface area (Å²) in [5.41, 5.74) is 2.51. The third-order valence-electron chi connectivity index (χ3n) is 3.49. The molecule has 0 bridgehead atoms. The van der Waals surface area contributed by atoms with E-state index in [2.05, 4.69) is 36.0 Å². The van der Waals surface area contributed by atoms with E-state index < -0.39 is 5.97 Å². The standard InChI is InChI=1S/C17H21NO3/c1-4-18-14(11-13-8-6-5-7-12(13)2)15-9-10-16(21-15)17(19)20-3/h5-10,14,18H,4,11H2,1-3H3. The second-order valence-electron chi connectivity index (χ2n) is 4.93. The number of hydrogen-bond acceptors (Lipinski definition) is 4. The topological polar surface area (TPSA) is 51.5 Å². The zero-order valence-corrected chi connectivity index (χ0v) is 12.7. The van der Waals surface area contributed by atoms with Gasteiger partial charge in [-0.15, -0.1) is 0 Å². The van der Waals surface area contributed by atoms with Gasteiger partial charge in [0.15, 0.2) is 0 Å². The number of methoxy groups -OCH3 is 1. The van der Waals surface area contributed by atoms with Gasteiger partial charge in [-0.05, 0) is 43.1 Å². The van der Waals surface area contributed by atoms with Gasteiger partial charge < -0.3 is 14.5 Å². The van der Waals surface area contributed by atoms with Gasteiger partial charge in [-0.1, -0.05) is 31.2 Å². The van der Waals surface area contributed by atoms with Crippen molar-refractivity contribution in [2.45, 2.75) is 26.3 Å². The first-order chi connectivity index (χ1) is 10.2. The molecule has 0 aliphatic rings. The maximum atomic E-state index is 11.5. The van der Waals surface area contributed by atoms with Crippen molar-refractivity contribution < 1.29 is 13.9 Å². The lowest BCUT2D eigenvalue weighted by atomic mass is 10.00. The summed E-state index contributed by atoms with van der Waals surface area (Å²) in [5.74, 6) is 0.535. The Morgan fingerprint density at radius 3 is 2.71 bits per heavy atom. The minimum Gasteiger partial charge on any atom is -0.463 e. The van der Waals surface area contributed by atoms with Crippen LogP contribution < -0.4 is 5.32 Å². The SMILES string of the molecule is CCNC(Cc1ccccc1C)c1ccc(C(=O)OC)o1. The summed E-state index contributed by atoms with van der Waals surface area (Å²) in [6, 6.07) is 11.8. The lowest BCUT2D eigenvalue weighted by Crippen LogP contribution is -2.22. The molecule has 2 rings (SSSR count). The Morgan fingerprint density at radius 1 is 1.29 bits per heavy atom. The van der Waals surface area contributed by atoms with Crippen molar-refractivity contribution in [2.24, 2.45) is 0 Å². The number of furan rings is 1. The Bertz CT molecular complexity index is 604. The second-order valence-corrected chi connectivity index (χ2v) is 4.93. The molecule has 0 saturated carbocycles. The van der Waals surface area contributed by atoms with E-state index >= 15 is 0 Å². The third kappa shape index (κ3) is 3.73. The minimum atomic E-state index is -0.451. The fourth-order valence-electron chi connectivity index (χ4n) is 2.33. The molecule has 0 aliphatic carbocycles. The second kappa shape index (κ2) is 7.09. The van der Waals surface area contributed by atoms with E-state index in [0.717, 1.165) is 18.7 Å². The zero-order chi connectivity index (χ0) is 15.2. The number of carbonyl (C=O) groups excluding carboxylic acids is 1. The van der Waals surface area contributed by atoms with Crippen LogP contribution in [0, 0.1) is 6.92 Å². The molecule has 0 fully saturated rings. The van der Waals surface area contributed by atoms with Gasteiger partial charge in [0.25, 0.3) is 0 Å². The van der Waals surface area contributed by atoms with E-state index in [1.807, 2.05) is 18.2 Å². The van der Waals surface area contributed by atoms with E-state index in [0.29, 0.717) is 0 Å². The molecule has 1 heterocycles. The molecule has 0 radical (unpaired) electrons. The Balaban J connectivity index is 2.21. The van der Waals surface area contributed by atoms with Crippen LogP contribution in [-0.4, -0.2) is 19.6 Å². The van der Waals surface area contributed by atoms with E-state index in [1.54, 1.807) is 6.07 Å². The van der Waals surface area contributed by atoms with Gasteiger partial charge in [0.05, 0.1) is 13.2 Å². The van der Waals surface area contributed by atoms with Crippen molar-refractivity contribution in [3.8, 4) is 0 Å². The van der Waals surface area contributed by atoms with E-state index in [1.165, 1.54) is 18.2 Å². The Hall–Kier alpha value is -2.07. The number of rotatable bonds is 6. The molecule has 112 valence electrons. The van der Waals surface area contributed by atoms with Crippen LogP contribution >= 0.6 is 0 Å². The van der Waals surface area contributed by atoms with Gasteiger partial charge in [-0.25, -0.2) is 4.79 Å². The molecule has 0 saturated heterocycles. The predicted octanol–water partition coefficient (Wildman–Crippen LogP) is 3.27. The third-order valence-corrected chi connectivity index (χ3v) is 3.49. The molecular weight excluding hydrogens is 266 g/mol. The molecule has 1 aromatic heterocycles. The largest absolute Gasteiger partial charge is 0.463 e. The highest BCUT2D eigenvalue weighted by molar-refractivity contribution is 5.86. The lowest BCUT2D eigenvalue weighted by molar-refractivity contribution is 0.0562. The van der Waals surface area contributed by atoms with Gasteiger partial charge in [-0.3, -0.25) is 0 Å². The maximum Gasteiger partial charge on any atom is 0.373 e. The Kier molecular flexibility index (Phi) is 5.17. The first-order valence-corrected chi connectivity index (χ1v) is 7.11. The van der Waals surface area contributed by atoms with E-state index in [9.17, 15) is 4.79 Å². The number of benzene rings is 1.